The number of Topliss-reactive ketones (excluding diaryl/α,β-unsaturated/α-hetero) is 2. The molecule has 0 radical (unpaired) electrons. The Morgan fingerprint density at radius 1 is 0.913 bits per heavy atom. The van der Waals surface area contributed by atoms with Crippen LogP contribution in [0.5, 0.6) is 0 Å². The van der Waals surface area contributed by atoms with E-state index in [0.717, 1.165) is 5.56 Å². The van der Waals surface area contributed by atoms with Crippen LogP contribution in [0.15, 0.2) is 60.7 Å². The Morgan fingerprint density at radius 3 is 2.04 bits per heavy atom. The number of hydrogen-bond acceptors (Lipinski definition) is 4. The van der Waals surface area contributed by atoms with E-state index in [1.54, 1.807) is 30.3 Å². The van der Waals surface area contributed by atoms with Crippen LogP contribution in [0.3, 0.4) is 0 Å². The molecule has 0 spiro atoms. The van der Waals surface area contributed by atoms with Crippen LogP contribution in [0.2, 0.25) is 0 Å². The number of benzene rings is 2. The van der Waals surface area contributed by atoms with Crippen molar-refractivity contribution in [2.45, 2.75) is 20.0 Å². The number of esters is 1. The first-order chi connectivity index (χ1) is 11.1. The van der Waals surface area contributed by atoms with Gasteiger partial charge in [-0.2, -0.15) is 0 Å². The minimum Gasteiger partial charge on any atom is -0.460 e. The van der Waals surface area contributed by atoms with Gasteiger partial charge in [0.2, 0.25) is 0 Å². The monoisotopic (exact) mass is 310 g/mol. The Bertz CT molecular complexity index is 677. The number of ether oxygens (including phenoxy) is 1. The normalized spacial score (nSPS) is 11.5. The number of carbonyl (C=O) groups is 3. The number of hydrogen-bond donors (Lipinski definition) is 0. The Hall–Kier alpha value is -2.75. The second-order valence-electron chi connectivity index (χ2n) is 5.28. The standard InChI is InChI=1S/C19H18O4/c1-14(20)12-17(18(21)16-10-6-3-7-11-16)19(22)23-13-15-8-4-2-5-9-15/h2-11,17H,12-13H2,1H3/t17-/m0/s1. The smallest absolute Gasteiger partial charge is 0.317 e. The molecule has 2 aromatic carbocycles. The second kappa shape index (κ2) is 8.03. The molecule has 2 rings (SSSR count). The molecule has 0 aliphatic heterocycles. The molecule has 0 aliphatic carbocycles. The Balaban J connectivity index is 2.09. The van der Waals surface area contributed by atoms with Crippen LogP contribution in [-0.4, -0.2) is 17.5 Å². The molecule has 0 aromatic heterocycles. The van der Waals surface area contributed by atoms with Crippen molar-refractivity contribution in [1.29, 1.82) is 0 Å². The van der Waals surface area contributed by atoms with Crippen molar-refractivity contribution in [3.05, 3.63) is 71.8 Å². The summed E-state index contributed by atoms with van der Waals surface area (Å²) in [6.07, 6.45) is -0.151. The van der Waals surface area contributed by atoms with E-state index < -0.39 is 11.9 Å². The summed E-state index contributed by atoms with van der Waals surface area (Å²) in [5.74, 6) is -2.38. The highest BCUT2D eigenvalue weighted by Crippen LogP contribution is 2.16. The van der Waals surface area contributed by atoms with Gasteiger partial charge in [0.05, 0.1) is 0 Å². The highest BCUT2D eigenvalue weighted by Gasteiger charge is 2.30. The van der Waals surface area contributed by atoms with Gasteiger partial charge in [0.25, 0.3) is 0 Å². The van der Waals surface area contributed by atoms with Crippen LogP contribution in [0.25, 0.3) is 0 Å². The fraction of sp³-hybridized carbons (Fsp3) is 0.211. The topological polar surface area (TPSA) is 60.4 Å². The minimum absolute atomic E-state index is 0.0795. The molecule has 0 N–H and O–H groups in total. The van der Waals surface area contributed by atoms with E-state index in [4.69, 9.17) is 4.74 Å². The molecule has 0 unspecified atom stereocenters. The van der Waals surface area contributed by atoms with E-state index in [1.807, 2.05) is 30.3 Å². The van der Waals surface area contributed by atoms with Gasteiger partial charge in [0.15, 0.2) is 5.78 Å². The third-order valence-electron chi connectivity index (χ3n) is 3.37. The third-order valence-corrected chi connectivity index (χ3v) is 3.37. The lowest BCUT2D eigenvalue weighted by Gasteiger charge is -2.14. The van der Waals surface area contributed by atoms with Crippen LogP contribution in [-0.2, 0) is 20.9 Å². The predicted molar refractivity (Wildman–Crippen MR) is 85.8 cm³/mol. The molecule has 0 amide bonds. The third kappa shape index (κ3) is 4.88. The number of carbonyl (C=O) groups excluding carboxylic acids is 3. The van der Waals surface area contributed by atoms with E-state index in [9.17, 15) is 14.4 Å². The highest BCUT2D eigenvalue weighted by molar-refractivity contribution is 6.10. The zero-order valence-corrected chi connectivity index (χ0v) is 12.9. The van der Waals surface area contributed by atoms with E-state index in [0.29, 0.717) is 5.56 Å². The molecular formula is C19H18O4. The quantitative estimate of drug-likeness (QED) is 0.447. The first-order valence-electron chi connectivity index (χ1n) is 7.37. The van der Waals surface area contributed by atoms with Gasteiger partial charge in [-0.1, -0.05) is 60.7 Å². The first-order valence-corrected chi connectivity index (χ1v) is 7.37. The summed E-state index contributed by atoms with van der Waals surface area (Å²) in [4.78, 5) is 36.2. The summed E-state index contributed by atoms with van der Waals surface area (Å²) in [7, 11) is 0. The lowest BCUT2D eigenvalue weighted by atomic mass is 9.93. The van der Waals surface area contributed by atoms with Gasteiger partial charge in [-0.05, 0) is 12.5 Å². The van der Waals surface area contributed by atoms with Gasteiger partial charge >= 0.3 is 5.97 Å². The van der Waals surface area contributed by atoms with Crippen LogP contribution < -0.4 is 0 Å². The Labute approximate surface area is 135 Å². The van der Waals surface area contributed by atoms with Crippen LogP contribution >= 0.6 is 0 Å². The molecule has 4 heteroatoms. The van der Waals surface area contributed by atoms with Crippen LogP contribution in [0.4, 0.5) is 0 Å². The molecule has 2 aromatic rings. The summed E-state index contributed by atoms with van der Waals surface area (Å²) < 4.78 is 5.22. The molecule has 0 fully saturated rings. The maximum atomic E-state index is 12.5. The predicted octanol–water partition coefficient (Wildman–Crippen LogP) is 3.21. The zero-order chi connectivity index (χ0) is 16.7. The van der Waals surface area contributed by atoms with E-state index in [1.165, 1.54) is 6.92 Å². The molecule has 4 nitrogen and oxygen atoms in total. The summed E-state index contributed by atoms with van der Waals surface area (Å²) >= 11 is 0. The minimum atomic E-state index is -1.10. The lowest BCUT2D eigenvalue weighted by Crippen LogP contribution is -2.28. The van der Waals surface area contributed by atoms with E-state index in [-0.39, 0.29) is 24.6 Å². The van der Waals surface area contributed by atoms with Gasteiger partial charge < -0.3 is 4.74 Å². The van der Waals surface area contributed by atoms with Crippen molar-refractivity contribution in [3.8, 4) is 0 Å². The van der Waals surface area contributed by atoms with Crippen molar-refractivity contribution in [2.75, 3.05) is 0 Å². The lowest BCUT2D eigenvalue weighted by molar-refractivity contribution is -0.149. The van der Waals surface area contributed by atoms with Gasteiger partial charge in [0, 0.05) is 12.0 Å². The fourth-order valence-corrected chi connectivity index (χ4v) is 2.20. The molecule has 0 saturated carbocycles. The molecule has 0 aliphatic rings. The maximum Gasteiger partial charge on any atom is 0.317 e. The summed E-state index contributed by atoms with van der Waals surface area (Å²) in [5, 5.41) is 0. The van der Waals surface area contributed by atoms with Crippen LogP contribution in [0, 0.1) is 5.92 Å². The summed E-state index contributed by atoms with van der Waals surface area (Å²) in [5.41, 5.74) is 1.23. The summed E-state index contributed by atoms with van der Waals surface area (Å²) in [6, 6.07) is 17.7. The fourth-order valence-electron chi connectivity index (χ4n) is 2.20. The zero-order valence-electron chi connectivity index (χ0n) is 12.9. The molecule has 1 atom stereocenters. The van der Waals surface area contributed by atoms with Crippen molar-refractivity contribution in [1.82, 2.24) is 0 Å². The molecule has 0 saturated heterocycles. The molecule has 0 heterocycles. The average molecular weight is 310 g/mol. The van der Waals surface area contributed by atoms with Crippen molar-refractivity contribution < 1.29 is 19.1 Å². The second-order valence-corrected chi connectivity index (χ2v) is 5.28. The average Bonchev–Trinajstić information content (AvgIpc) is 2.58. The van der Waals surface area contributed by atoms with E-state index in [2.05, 4.69) is 0 Å². The van der Waals surface area contributed by atoms with Gasteiger partial charge in [-0.15, -0.1) is 0 Å². The van der Waals surface area contributed by atoms with Crippen molar-refractivity contribution in [2.24, 2.45) is 5.92 Å². The van der Waals surface area contributed by atoms with Crippen LogP contribution in [0.1, 0.15) is 29.3 Å². The Morgan fingerprint density at radius 2 is 1.48 bits per heavy atom. The van der Waals surface area contributed by atoms with Crippen molar-refractivity contribution in [3.63, 3.8) is 0 Å². The number of ketones is 2. The van der Waals surface area contributed by atoms with Gasteiger partial charge in [-0.25, -0.2) is 0 Å². The first kappa shape index (κ1) is 16.6. The maximum absolute atomic E-state index is 12.5. The van der Waals surface area contributed by atoms with Crippen molar-refractivity contribution >= 4 is 17.5 Å². The molecule has 23 heavy (non-hydrogen) atoms. The summed E-state index contributed by atoms with van der Waals surface area (Å²) in [6.45, 7) is 1.44. The molecular weight excluding hydrogens is 292 g/mol. The molecule has 0 bridgehead atoms. The SMILES string of the molecule is CC(=O)C[C@H](C(=O)OCc1ccccc1)C(=O)c1ccccc1. The Kier molecular flexibility index (Phi) is 5.80. The number of rotatable bonds is 7. The van der Waals surface area contributed by atoms with Gasteiger partial charge in [-0.3, -0.25) is 14.4 Å². The van der Waals surface area contributed by atoms with Gasteiger partial charge in [0.1, 0.15) is 18.3 Å². The largest absolute Gasteiger partial charge is 0.460 e. The highest BCUT2D eigenvalue weighted by atomic mass is 16.5. The molecule has 118 valence electrons. The van der Waals surface area contributed by atoms with E-state index >= 15 is 0 Å².